The Labute approximate surface area is 128 Å². The molecule has 120 valence electrons. The molecular weight excluding hydrogens is 288 g/mol. The van der Waals surface area contributed by atoms with E-state index in [0.717, 1.165) is 12.8 Å². The summed E-state index contributed by atoms with van der Waals surface area (Å²) >= 11 is 0. The lowest BCUT2D eigenvalue weighted by molar-refractivity contribution is -0.149. The van der Waals surface area contributed by atoms with Gasteiger partial charge in [0.15, 0.2) is 11.6 Å². The van der Waals surface area contributed by atoms with Crippen molar-refractivity contribution < 1.29 is 23.5 Å². The maximum absolute atomic E-state index is 12.4. The normalized spacial score (nSPS) is 17.9. The number of carbonyl (C=O) groups is 3. The third kappa shape index (κ3) is 3.87. The van der Waals surface area contributed by atoms with Crippen LogP contribution in [0.1, 0.15) is 37.2 Å². The number of piperidine rings is 1. The first kappa shape index (κ1) is 16.1. The molecule has 0 aromatic carbocycles. The highest BCUT2D eigenvalue weighted by Gasteiger charge is 2.30. The molecule has 2 amide bonds. The summed E-state index contributed by atoms with van der Waals surface area (Å²) in [4.78, 5) is 36.7. The SMILES string of the molecule is CCOC(=O)C1CCCN(C(=O)c2ccc(NC(C)=O)o2)C1. The van der Waals surface area contributed by atoms with Gasteiger partial charge in [0.1, 0.15) is 0 Å². The lowest BCUT2D eigenvalue weighted by Crippen LogP contribution is -2.42. The summed E-state index contributed by atoms with van der Waals surface area (Å²) in [6.45, 7) is 4.36. The second kappa shape index (κ2) is 7.11. The van der Waals surface area contributed by atoms with Crippen molar-refractivity contribution in [2.45, 2.75) is 26.7 Å². The molecule has 1 atom stereocenters. The molecule has 1 aliphatic rings. The molecule has 1 N–H and O–H groups in total. The van der Waals surface area contributed by atoms with Gasteiger partial charge in [-0.25, -0.2) is 0 Å². The Morgan fingerprint density at radius 3 is 2.86 bits per heavy atom. The van der Waals surface area contributed by atoms with Gasteiger partial charge in [0.05, 0.1) is 12.5 Å². The topological polar surface area (TPSA) is 88.9 Å². The zero-order valence-corrected chi connectivity index (χ0v) is 12.8. The summed E-state index contributed by atoms with van der Waals surface area (Å²) < 4.78 is 10.3. The number of anilines is 1. The smallest absolute Gasteiger partial charge is 0.310 e. The fourth-order valence-electron chi connectivity index (χ4n) is 2.46. The van der Waals surface area contributed by atoms with Crippen molar-refractivity contribution in [1.82, 2.24) is 4.90 Å². The molecule has 1 aromatic rings. The molecule has 1 aliphatic heterocycles. The van der Waals surface area contributed by atoms with Crippen LogP contribution >= 0.6 is 0 Å². The van der Waals surface area contributed by atoms with Crippen molar-refractivity contribution in [3.05, 3.63) is 17.9 Å². The number of hydrogen-bond donors (Lipinski definition) is 1. The minimum atomic E-state index is -0.289. The second-order valence-electron chi connectivity index (χ2n) is 5.19. The average molecular weight is 308 g/mol. The number of ether oxygens (including phenoxy) is 1. The molecular formula is C15H20N2O5. The average Bonchev–Trinajstić information content (AvgIpc) is 2.94. The Bertz CT molecular complexity index is 566. The number of nitrogens with one attached hydrogen (secondary N) is 1. The van der Waals surface area contributed by atoms with Gasteiger partial charge in [0, 0.05) is 26.1 Å². The van der Waals surface area contributed by atoms with E-state index in [-0.39, 0.29) is 35.3 Å². The lowest BCUT2D eigenvalue weighted by atomic mass is 9.98. The third-order valence-corrected chi connectivity index (χ3v) is 3.44. The van der Waals surface area contributed by atoms with Crippen LogP contribution in [0.3, 0.4) is 0 Å². The fourth-order valence-corrected chi connectivity index (χ4v) is 2.46. The molecule has 0 spiro atoms. The Balaban J connectivity index is 2.01. The highest BCUT2D eigenvalue weighted by atomic mass is 16.5. The summed E-state index contributed by atoms with van der Waals surface area (Å²) in [5, 5.41) is 2.48. The first-order valence-corrected chi connectivity index (χ1v) is 7.34. The Kier molecular flexibility index (Phi) is 5.19. The van der Waals surface area contributed by atoms with Gasteiger partial charge in [0.25, 0.3) is 5.91 Å². The molecule has 22 heavy (non-hydrogen) atoms. The minimum absolute atomic E-state index is 0.147. The predicted octanol–water partition coefficient (Wildman–Crippen LogP) is 1.65. The first-order valence-electron chi connectivity index (χ1n) is 7.34. The first-order chi connectivity index (χ1) is 10.5. The van der Waals surface area contributed by atoms with E-state index in [1.165, 1.54) is 19.1 Å². The number of nitrogens with zero attached hydrogens (tertiary/aromatic N) is 1. The van der Waals surface area contributed by atoms with Crippen LogP contribution in [0.15, 0.2) is 16.5 Å². The Hall–Kier alpha value is -2.31. The van der Waals surface area contributed by atoms with Crippen LogP contribution in [-0.2, 0) is 14.3 Å². The Morgan fingerprint density at radius 2 is 2.18 bits per heavy atom. The van der Waals surface area contributed by atoms with Crippen LogP contribution in [0.25, 0.3) is 0 Å². The van der Waals surface area contributed by atoms with Gasteiger partial charge in [-0.15, -0.1) is 0 Å². The number of amides is 2. The number of carbonyl (C=O) groups excluding carboxylic acids is 3. The molecule has 0 aliphatic carbocycles. The van der Waals surface area contributed by atoms with Crippen LogP contribution in [0.4, 0.5) is 5.88 Å². The predicted molar refractivity (Wildman–Crippen MR) is 78.3 cm³/mol. The molecule has 2 rings (SSSR count). The minimum Gasteiger partial charge on any atom is -0.466 e. The molecule has 1 fully saturated rings. The van der Waals surface area contributed by atoms with E-state index in [1.54, 1.807) is 11.8 Å². The molecule has 0 saturated carbocycles. The standard InChI is InChI=1S/C15H20N2O5/c1-3-21-15(20)11-5-4-8-17(9-11)14(19)12-6-7-13(22-12)16-10(2)18/h6-7,11H,3-5,8-9H2,1-2H3,(H,16,18). The van der Waals surface area contributed by atoms with Gasteiger partial charge >= 0.3 is 5.97 Å². The molecule has 0 bridgehead atoms. The van der Waals surface area contributed by atoms with Crippen molar-refractivity contribution in [3.8, 4) is 0 Å². The third-order valence-electron chi connectivity index (χ3n) is 3.44. The lowest BCUT2D eigenvalue weighted by Gasteiger charge is -2.30. The van der Waals surface area contributed by atoms with Crippen LogP contribution in [-0.4, -0.2) is 42.4 Å². The van der Waals surface area contributed by atoms with Crippen molar-refractivity contribution in [1.29, 1.82) is 0 Å². The van der Waals surface area contributed by atoms with Gasteiger partial charge in [-0.3, -0.25) is 19.7 Å². The summed E-state index contributed by atoms with van der Waals surface area (Å²) in [6.07, 6.45) is 1.46. The van der Waals surface area contributed by atoms with Gasteiger partial charge in [-0.05, 0) is 25.8 Å². The number of hydrogen-bond acceptors (Lipinski definition) is 5. The van der Waals surface area contributed by atoms with Crippen LogP contribution < -0.4 is 5.32 Å². The molecule has 1 aromatic heterocycles. The van der Waals surface area contributed by atoms with Crippen molar-refractivity contribution in [2.24, 2.45) is 5.92 Å². The molecule has 1 saturated heterocycles. The zero-order valence-electron chi connectivity index (χ0n) is 12.8. The number of likely N-dealkylation sites (tertiary alicyclic amines) is 1. The van der Waals surface area contributed by atoms with Crippen LogP contribution in [0.2, 0.25) is 0 Å². The van der Waals surface area contributed by atoms with Crippen molar-refractivity contribution in [3.63, 3.8) is 0 Å². The summed E-state index contributed by atoms with van der Waals surface area (Å²) in [6, 6.07) is 3.04. The highest BCUT2D eigenvalue weighted by Crippen LogP contribution is 2.21. The fraction of sp³-hybridized carbons (Fsp3) is 0.533. The van der Waals surface area contributed by atoms with E-state index >= 15 is 0 Å². The van der Waals surface area contributed by atoms with Gasteiger partial charge in [-0.1, -0.05) is 0 Å². The molecule has 2 heterocycles. The monoisotopic (exact) mass is 308 g/mol. The second-order valence-corrected chi connectivity index (χ2v) is 5.19. The van der Waals surface area contributed by atoms with E-state index in [2.05, 4.69) is 5.32 Å². The molecule has 1 unspecified atom stereocenters. The zero-order chi connectivity index (χ0) is 16.1. The van der Waals surface area contributed by atoms with E-state index in [0.29, 0.717) is 19.7 Å². The van der Waals surface area contributed by atoms with Crippen molar-refractivity contribution >= 4 is 23.7 Å². The summed E-state index contributed by atoms with van der Waals surface area (Å²) in [5.41, 5.74) is 0. The number of furan rings is 1. The van der Waals surface area contributed by atoms with E-state index in [1.807, 2.05) is 0 Å². The number of esters is 1. The van der Waals surface area contributed by atoms with Gasteiger partial charge in [0.2, 0.25) is 5.91 Å². The van der Waals surface area contributed by atoms with Crippen molar-refractivity contribution in [2.75, 3.05) is 25.0 Å². The van der Waals surface area contributed by atoms with Gasteiger partial charge < -0.3 is 14.1 Å². The van der Waals surface area contributed by atoms with E-state index in [4.69, 9.17) is 9.15 Å². The number of rotatable bonds is 4. The van der Waals surface area contributed by atoms with Gasteiger partial charge in [-0.2, -0.15) is 0 Å². The summed E-state index contributed by atoms with van der Waals surface area (Å²) in [7, 11) is 0. The van der Waals surface area contributed by atoms with E-state index < -0.39 is 0 Å². The maximum Gasteiger partial charge on any atom is 0.310 e. The highest BCUT2D eigenvalue weighted by molar-refractivity contribution is 5.93. The molecule has 7 nitrogen and oxygen atoms in total. The quantitative estimate of drug-likeness (QED) is 0.854. The van der Waals surface area contributed by atoms with E-state index in [9.17, 15) is 14.4 Å². The molecule has 7 heteroatoms. The Morgan fingerprint density at radius 1 is 1.41 bits per heavy atom. The largest absolute Gasteiger partial charge is 0.466 e. The summed E-state index contributed by atoms with van der Waals surface area (Å²) in [5.74, 6) is -0.733. The maximum atomic E-state index is 12.4. The molecule has 0 radical (unpaired) electrons. The van der Waals surface area contributed by atoms with Crippen LogP contribution in [0, 0.1) is 5.92 Å². The van der Waals surface area contributed by atoms with Crippen LogP contribution in [0.5, 0.6) is 0 Å².